The smallest absolute Gasteiger partial charge is 0 e. The standard InChI is InChI=1S/Ca.Gd.Mg.Mn.4H. The molecule has 0 aromatic rings. The fourth-order valence-corrected chi connectivity index (χ4v) is 0. The van der Waals surface area contributed by atoms with Crippen LogP contribution in [0.5, 0.6) is 0 Å². The van der Waals surface area contributed by atoms with E-state index < -0.39 is 0 Å². The molecule has 0 rings (SSSR count). The van der Waals surface area contributed by atoms with Gasteiger partial charge < -0.3 is 0 Å². The summed E-state index contributed by atoms with van der Waals surface area (Å²) in [6.07, 6.45) is 0. The van der Waals surface area contributed by atoms with E-state index in [-0.39, 0.29) is 118 Å². The Morgan fingerprint density at radius 1 is 1.00 bits per heavy atom. The molecule has 0 aliphatic heterocycles. The largest absolute Gasteiger partial charge is 0.316 e. The predicted molar refractivity (Wildman–Crippen MR) is 17.1 cm³/mol. The summed E-state index contributed by atoms with van der Waals surface area (Å²) in [6, 6.07) is 0. The van der Waals surface area contributed by atoms with Crippen molar-refractivity contribution in [2.45, 2.75) is 0 Å². The van der Waals surface area contributed by atoms with Gasteiger partial charge in [-0.15, -0.1) is 0 Å². The molecule has 0 nitrogen and oxygen atoms in total. The van der Waals surface area contributed by atoms with Gasteiger partial charge in [-0.3, -0.25) is 0 Å². The van der Waals surface area contributed by atoms with Gasteiger partial charge in [0.2, 0.25) is 0 Å². The van der Waals surface area contributed by atoms with Gasteiger partial charge in [0, 0.05) is 57.0 Å². The zero-order valence-electron chi connectivity index (χ0n) is 0.732. The molecule has 0 aromatic carbocycles. The van der Waals surface area contributed by atoms with Gasteiger partial charge in [-0.1, -0.05) is 0 Å². The molecule has 4 heavy (non-hydrogen) atoms. The summed E-state index contributed by atoms with van der Waals surface area (Å²) in [5.74, 6) is 0. The minimum absolute atomic E-state index is 0. The maximum absolute atomic E-state index is 0. The Labute approximate surface area is 115 Å². The molecule has 0 amide bonds. The van der Waals surface area contributed by atoms with E-state index in [0.717, 1.165) is 0 Å². The first kappa shape index (κ1) is 24.8. The van der Waals surface area contributed by atoms with Gasteiger partial charge in [-0.2, -0.15) is 0 Å². The molecule has 0 N–H and O–H groups in total. The van der Waals surface area contributed by atoms with Crippen molar-refractivity contribution in [2.24, 2.45) is 0 Å². The Hall–Kier alpha value is 3.87. The van der Waals surface area contributed by atoms with Gasteiger partial charge in [0.1, 0.15) is 0 Å². The fourth-order valence-electron chi connectivity index (χ4n) is 0. The van der Waals surface area contributed by atoms with Crippen molar-refractivity contribution < 1.29 is 57.0 Å². The van der Waals surface area contributed by atoms with Crippen molar-refractivity contribution in [3.8, 4) is 0 Å². The first-order valence-corrected chi connectivity index (χ1v) is 0. The van der Waals surface area contributed by atoms with Crippen molar-refractivity contribution >= 4 is 60.8 Å². The van der Waals surface area contributed by atoms with Crippen molar-refractivity contribution in [3.05, 3.63) is 0 Å². The SMILES string of the molecule is [CaH2].[Gd].[MgH2].[Mn]. The van der Waals surface area contributed by atoms with E-state index in [1.807, 2.05) is 0 Å². The van der Waals surface area contributed by atoms with E-state index >= 15 is 0 Å². The van der Waals surface area contributed by atoms with Gasteiger partial charge >= 0.3 is 60.8 Å². The molecule has 0 aromatic heterocycles. The molecule has 0 aliphatic carbocycles. The van der Waals surface area contributed by atoms with E-state index in [2.05, 4.69) is 0 Å². The van der Waals surface area contributed by atoms with Gasteiger partial charge in [-0.25, -0.2) is 0 Å². The average molecular weight is 281 g/mol. The Bertz CT molecular complexity index is 8.00. The zero-order chi connectivity index (χ0) is 0. The maximum atomic E-state index is 0. The molecule has 4 heteroatoms. The summed E-state index contributed by atoms with van der Waals surface area (Å²) in [5, 5.41) is 0. The third kappa shape index (κ3) is 9.30. The molecule has 0 spiro atoms. The van der Waals surface area contributed by atoms with Crippen LogP contribution >= 0.6 is 0 Å². The molecule has 23 valence electrons. The monoisotopic (exact) mass is 281 g/mol. The molecular formula is H4CaGdMgMn. The van der Waals surface area contributed by atoms with Crippen molar-refractivity contribution in [2.75, 3.05) is 0 Å². The van der Waals surface area contributed by atoms with Crippen LogP contribution in [0, 0.1) is 39.9 Å². The van der Waals surface area contributed by atoms with Gasteiger partial charge in [0.25, 0.3) is 0 Å². The van der Waals surface area contributed by atoms with Crippen LogP contribution in [0.15, 0.2) is 0 Å². The molecule has 1 radical (unpaired) electrons. The molecule has 0 bridgehead atoms. The van der Waals surface area contributed by atoms with Crippen LogP contribution in [0.3, 0.4) is 0 Å². The summed E-state index contributed by atoms with van der Waals surface area (Å²) in [7, 11) is 0. The van der Waals surface area contributed by atoms with Crippen molar-refractivity contribution in [3.63, 3.8) is 0 Å². The average Bonchev–Trinajstić information content (AvgIpc) is 0. The van der Waals surface area contributed by atoms with Crippen LogP contribution < -0.4 is 0 Å². The zero-order valence-corrected chi connectivity index (χ0v) is 4.18. The summed E-state index contributed by atoms with van der Waals surface area (Å²) in [5.41, 5.74) is 0. The number of hydrogen-bond acceptors (Lipinski definition) is 0. The van der Waals surface area contributed by atoms with E-state index in [0.29, 0.717) is 0 Å². The minimum Gasteiger partial charge on any atom is 0 e. The summed E-state index contributed by atoms with van der Waals surface area (Å²) in [4.78, 5) is 0. The molecule has 0 saturated carbocycles. The second kappa shape index (κ2) is 15.8. The van der Waals surface area contributed by atoms with E-state index in [1.54, 1.807) is 0 Å². The Morgan fingerprint density at radius 2 is 1.00 bits per heavy atom. The summed E-state index contributed by atoms with van der Waals surface area (Å²) >= 11 is 0. The second-order valence-corrected chi connectivity index (χ2v) is 0. The number of hydrogen-bond donors (Lipinski definition) is 0. The molecule has 0 fully saturated rings. The summed E-state index contributed by atoms with van der Waals surface area (Å²) < 4.78 is 0. The number of rotatable bonds is 0. The third-order valence-electron chi connectivity index (χ3n) is 0. The van der Waals surface area contributed by atoms with Gasteiger partial charge in [0.15, 0.2) is 0 Å². The van der Waals surface area contributed by atoms with Crippen molar-refractivity contribution in [1.29, 1.82) is 0 Å². The molecule has 0 unspecified atom stereocenters. The predicted octanol–water partition coefficient (Wildman–Crippen LogP) is -1.83. The Kier molecular flexibility index (Phi) is 98.0. The second-order valence-electron chi connectivity index (χ2n) is 0. The van der Waals surface area contributed by atoms with Crippen LogP contribution in [-0.4, -0.2) is 60.8 Å². The Balaban J connectivity index is 0. The van der Waals surface area contributed by atoms with Crippen molar-refractivity contribution in [1.82, 2.24) is 0 Å². The Morgan fingerprint density at radius 3 is 1.00 bits per heavy atom. The topological polar surface area (TPSA) is 0 Å². The maximum Gasteiger partial charge on any atom is 0.316 e. The van der Waals surface area contributed by atoms with E-state index in [9.17, 15) is 0 Å². The first-order valence-electron chi connectivity index (χ1n) is 0. The molecule has 0 saturated heterocycles. The van der Waals surface area contributed by atoms with Crippen LogP contribution in [0.4, 0.5) is 0 Å². The van der Waals surface area contributed by atoms with Gasteiger partial charge in [0.05, 0.1) is 0 Å². The minimum atomic E-state index is 0. The summed E-state index contributed by atoms with van der Waals surface area (Å²) in [6.45, 7) is 0. The fraction of sp³-hybridized carbons (Fsp3) is 0. The van der Waals surface area contributed by atoms with E-state index in [1.165, 1.54) is 0 Å². The van der Waals surface area contributed by atoms with E-state index in [4.69, 9.17) is 0 Å². The van der Waals surface area contributed by atoms with Gasteiger partial charge in [-0.05, 0) is 0 Å². The quantitative estimate of drug-likeness (QED) is 0.458. The first-order chi connectivity index (χ1) is 0. The van der Waals surface area contributed by atoms with Crippen LogP contribution in [0.2, 0.25) is 0 Å². The molecular weight excluding hydrogens is 277 g/mol. The normalized spacial score (nSPS) is 0. The van der Waals surface area contributed by atoms with Crippen LogP contribution in [0.1, 0.15) is 0 Å². The molecule has 0 atom stereocenters. The molecule has 0 aliphatic rings. The third-order valence-corrected chi connectivity index (χ3v) is 0. The van der Waals surface area contributed by atoms with Crippen LogP contribution in [-0.2, 0) is 17.1 Å². The van der Waals surface area contributed by atoms with Crippen LogP contribution in [0.25, 0.3) is 0 Å². The molecule has 0 heterocycles.